The van der Waals surface area contributed by atoms with Crippen molar-refractivity contribution in [2.24, 2.45) is 5.92 Å². The van der Waals surface area contributed by atoms with Crippen molar-refractivity contribution in [1.29, 1.82) is 0 Å². The summed E-state index contributed by atoms with van der Waals surface area (Å²) in [4.78, 5) is 21.4. The van der Waals surface area contributed by atoms with Crippen molar-refractivity contribution in [3.63, 3.8) is 0 Å². The molecule has 3 fully saturated rings. The lowest BCUT2D eigenvalue weighted by Gasteiger charge is -2.41. The summed E-state index contributed by atoms with van der Waals surface area (Å²) in [6, 6.07) is 4.14. The fourth-order valence-electron chi connectivity index (χ4n) is 4.84. The van der Waals surface area contributed by atoms with Gasteiger partial charge in [-0.05, 0) is 32.3 Å². The molecule has 2 aliphatic heterocycles. The molecule has 3 aromatic rings. The number of halogens is 1. The van der Waals surface area contributed by atoms with Crippen LogP contribution in [0.25, 0.3) is 16.8 Å². The average Bonchev–Trinajstić information content (AvgIpc) is 3.04. The number of piperazine rings is 1. The molecular formula is C20H21FN6O2. The topological polar surface area (TPSA) is 79.8 Å². The van der Waals surface area contributed by atoms with Gasteiger partial charge in [0.05, 0.1) is 11.6 Å². The first kappa shape index (κ1) is 16.9. The number of carbonyl (C=O) groups excluding carboxylic acids is 1. The molecule has 2 bridgehead atoms. The van der Waals surface area contributed by atoms with E-state index < -0.39 is 12.1 Å². The zero-order valence-corrected chi connectivity index (χ0v) is 16.0. The smallest absolute Gasteiger partial charge is 0.229 e. The molecule has 0 radical (unpaired) electrons. The summed E-state index contributed by atoms with van der Waals surface area (Å²) in [6.45, 7) is 3.30. The van der Waals surface area contributed by atoms with Crippen LogP contribution < -0.4 is 4.90 Å². The van der Waals surface area contributed by atoms with Crippen LogP contribution in [0.4, 0.5) is 10.2 Å². The molecule has 3 aromatic heterocycles. The zero-order valence-electron chi connectivity index (χ0n) is 16.0. The molecule has 6 rings (SSSR count). The Morgan fingerprint density at radius 2 is 2.00 bits per heavy atom. The van der Waals surface area contributed by atoms with Gasteiger partial charge in [0.2, 0.25) is 5.91 Å². The van der Waals surface area contributed by atoms with Gasteiger partial charge in [-0.25, -0.2) is 13.9 Å². The first-order valence-electron chi connectivity index (χ1n) is 10.1. The van der Waals surface area contributed by atoms with E-state index in [2.05, 4.69) is 20.1 Å². The summed E-state index contributed by atoms with van der Waals surface area (Å²) in [7, 11) is 0. The van der Waals surface area contributed by atoms with E-state index in [9.17, 15) is 9.18 Å². The number of fused-ring (bicyclic) bond motifs is 3. The number of nitrogens with zero attached hydrogens (tertiary/aromatic N) is 6. The molecule has 1 saturated carbocycles. The van der Waals surface area contributed by atoms with Crippen molar-refractivity contribution in [3.05, 3.63) is 30.4 Å². The second kappa shape index (κ2) is 6.01. The lowest BCUT2D eigenvalue weighted by Crippen LogP contribution is -2.56. The summed E-state index contributed by atoms with van der Waals surface area (Å²) in [5.74, 6) is 1.14. The number of amides is 1. The Morgan fingerprint density at radius 1 is 1.24 bits per heavy atom. The molecule has 0 N–H and O–H groups in total. The zero-order chi connectivity index (χ0) is 19.7. The fourth-order valence-corrected chi connectivity index (χ4v) is 4.84. The molecule has 29 heavy (non-hydrogen) atoms. The Labute approximate surface area is 166 Å². The van der Waals surface area contributed by atoms with Crippen LogP contribution in [0.2, 0.25) is 0 Å². The molecule has 2 saturated heterocycles. The number of hydrogen-bond acceptors (Lipinski definition) is 6. The van der Waals surface area contributed by atoms with Gasteiger partial charge in [-0.1, -0.05) is 5.16 Å². The third-order valence-electron chi connectivity index (χ3n) is 6.36. The number of aromatic nitrogens is 4. The highest BCUT2D eigenvalue weighted by Gasteiger charge is 2.51. The number of alkyl halides is 1. The van der Waals surface area contributed by atoms with Gasteiger partial charge in [-0.2, -0.15) is 5.10 Å². The number of rotatable bonds is 3. The summed E-state index contributed by atoms with van der Waals surface area (Å²) in [6.07, 6.45) is 4.82. The highest BCUT2D eigenvalue weighted by atomic mass is 19.1. The van der Waals surface area contributed by atoms with E-state index in [1.165, 1.54) is 0 Å². The largest absolute Gasteiger partial charge is 0.356 e. The summed E-state index contributed by atoms with van der Waals surface area (Å²) < 4.78 is 20.6. The van der Waals surface area contributed by atoms with Gasteiger partial charge in [-0.15, -0.1) is 0 Å². The quantitative estimate of drug-likeness (QED) is 0.676. The van der Waals surface area contributed by atoms with Crippen molar-refractivity contribution in [3.8, 4) is 11.3 Å². The van der Waals surface area contributed by atoms with Crippen molar-refractivity contribution < 1.29 is 13.7 Å². The minimum atomic E-state index is -0.944. The molecule has 1 amide bonds. The second-order valence-corrected chi connectivity index (χ2v) is 8.37. The van der Waals surface area contributed by atoms with E-state index in [0.717, 1.165) is 35.4 Å². The van der Waals surface area contributed by atoms with Gasteiger partial charge in [0.1, 0.15) is 18.0 Å². The van der Waals surface area contributed by atoms with Crippen LogP contribution in [0.1, 0.15) is 25.0 Å². The van der Waals surface area contributed by atoms with Gasteiger partial charge >= 0.3 is 0 Å². The van der Waals surface area contributed by atoms with Gasteiger partial charge in [-0.3, -0.25) is 4.79 Å². The SMILES string of the molecule is Cc1cc(-c2cc3c(N4CC5CCC(C4)N5C(=O)[C@@H]4C[C@H]4F)ncnn3c2)on1. The van der Waals surface area contributed by atoms with E-state index in [1.54, 1.807) is 10.8 Å². The molecule has 0 spiro atoms. The molecule has 9 heteroatoms. The first-order chi connectivity index (χ1) is 14.1. The summed E-state index contributed by atoms with van der Waals surface area (Å²) >= 11 is 0. The van der Waals surface area contributed by atoms with E-state index in [-0.39, 0.29) is 18.0 Å². The van der Waals surface area contributed by atoms with Gasteiger partial charge in [0, 0.05) is 43.0 Å². The van der Waals surface area contributed by atoms with Gasteiger partial charge < -0.3 is 14.3 Å². The first-order valence-corrected chi connectivity index (χ1v) is 10.1. The Hall–Kier alpha value is -2.97. The average molecular weight is 396 g/mol. The van der Waals surface area contributed by atoms with Crippen LogP contribution in [0, 0.1) is 12.8 Å². The molecular weight excluding hydrogens is 375 g/mol. The summed E-state index contributed by atoms with van der Waals surface area (Å²) in [5.41, 5.74) is 2.61. The molecule has 8 nitrogen and oxygen atoms in total. The number of carbonyl (C=O) groups is 1. The predicted molar refractivity (Wildman–Crippen MR) is 102 cm³/mol. The second-order valence-electron chi connectivity index (χ2n) is 8.37. The molecule has 5 heterocycles. The van der Waals surface area contributed by atoms with Crippen LogP contribution >= 0.6 is 0 Å². The molecule has 2 unspecified atom stereocenters. The fraction of sp³-hybridized carbons (Fsp3) is 0.500. The lowest BCUT2D eigenvalue weighted by atomic mass is 10.1. The van der Waals surface area contributed by atoms with Crippen LogP contribution in [0.15, 0.2) is 29.2 Å². The molecule has 3 aliphatic rings. The van der Waals surface area contributed by atoms with E-state index >= 15 is 0 Å². The standard InChI is InChI=1S/C20H21FN6O2/c1-11-4-18(29-24-11)12-5-17-19(22-10-23-26(17)7-12)25-8-13-2-3-14(9-25)27(13)20(28)15-6-16(15)21/h4-5,7,10,13-16H,2-3,6,8-9H2,1H3/t13?,14?,15-,16-/m1/s1. The van der Waals surface area contributed by atoms with Gasteiger partial charge in [0.25, 0.3) is 0 Å². The Morgan fingerprint density at radius 3 is 2.66 bits per heavy atom. The molecule has 0 aromatic carbocycles. The van der Waals surface area contributed by atoms with Crippen molar-refractivity contribution >= 4 is 17.2 Å². The minimum Gasteiger partial charge on any atom is -0.356 e. The predicted octanol–water partition coefficient (Wildman–Crippen LogP) is 2.23. The highest BCUT2D eigenvalue weighted by Crippen LogP contribution is 2.41. The number of hydrogen-bond donors (Lipinski definition) is 0. The van der Waals surface area contributed by atoms with Crippen molar-refractivity contribution in [2.45, 2.75) is 44.4 Å². The maximum atomic E-state index is 13.4. The van der Waals surface area contributed by atoms with E-state index in [4.69, 9.17) is 4.52 Å². The van der Waals surface area contributed by atoms with Gasteiger partial charge in [0.15, 0.2) is 11.6 Å². The van der Waals surface area contributed by atoms with Crippen LogP contribution in [0.3, 0.4) is 0 Å². The maximum Gasteiger partial charge on any atom is 0.229 e. The number of anilines is 1. The normalized spacial score (nSPS) is 28.3. The highest BCUT2D eigenvalue weighted by molar-refractivity contribution is 5.84. The monoisotopic (exact) mass is 396 g/mol. The Balaban J connectivity index is 1.31. The number of aryl methyl sites for hydroxylation is 1. The lowest BCUT2D eigenvalue weighted by molar-refractivity contribution is -0.136. The van der Waals surface area contributed by atoms with Crippen LogP contribution in [-0.2, 0) is 4.79 Å². The minimum absolute atomic E-state index is 0.00291. The molecule has 150 valence electrons. The van der Waals surface area contributed by atoms with Crippen LogP contribution in [0.5, 0.6) is 0 Å². The molecule has 4 atom stereocenters. The van der Waals surface area contributed by atoms with Crippen LogP contribution in [-0.4, -0.2) is 61.9 Å². The molecule has 1 aliphatic carbocycles. The van der Waals surface area contributed by atoms with E-state index in [1.807, 2.05) is 30.2 Å². The van der Waals surface area contributed by atoms with Crippen molar-refractivity contribution in [1.82, 2.24) is 24.7 Å². The Bertz CT molecular complexity index is 1100. The Kier molecular flexibility index (Phi) is 3.51. The third-order valence-corrected chi connectivity index (χ3v) is 6.36. The maximum absolute atomic E-state index is 13.4. The summed E-state index contributed by atoms with van der Waals surface area (Å²) in [5, 5.41) is 8.30. The third kappa shape index (κ3) is 2.63. The van der Waals surface area contributed by atoms with E-state index in [0.29, 0.717) is 25.3 Å². The van der Waals surface area contributed by atoms with Crippen molar-refractivity contribution in [2.75, 3.05) is 18.0 Å².